The van der Waals surface area contributed by atoms with Gasteiger partial charge in [-0.15, -0.1) is 0 Å². The molecule has 0 radical (unpaired) electrons. The van der Waals surface area contributed by atoms with Gasteiger partial charge in [0.15, 0.2) is 0 Å². The fraction of sp³-hybridized carbons (Fsp3) is 0.600. The lowest BCUT2D eigenvalue weighted by Crippen LogP contribution is -2.38. The number of carbonyl (C=O) groups is 1. The van der Waals surface area contributed by atoms with Crippen LogP contribution in [0.25, 0.3) is 0 Å². The number of ether oxygens (including phenoxy) is 1. The van der Waals surface area contributed by atoms with E-state index in [2.05, 4.69) is 9.97 Å². The molecule has 6 nitrogen and oxygen atoms in total. The van der Waals surface area contributed by atoms with E-state index in [4.69, 9.17) is 10.5 Å². The van der Waals surface area contributed by atoms with Crippen LogP contribution in [0.4, 0.5) is 0 Å². The van der Waals surface area contributed by atoms with Crippen LogP contribution >= 0.6 is 0 Å². The highest BCUT2D eigenvalue weighted by Crippen LogP contribution is 2.09. The second kappa shape index (κ2) is 4.52. The van der Waals surface area contributed by atoms with Crippen LogP contribution < -0.4 is 11.4 Å². The van der Waals surface area contributed by atoms with Crippen molar-refractivity contribution < 1.29 is 9.53 Å². The first-order chi connectivity index (χ1) is 7.28. The number of imidazole rings is 1. The summed E-state index contributed by atoms with van der Waals surface area (Å²) in [6, 6.07) is -0.773. The third-order valence-corrected chi connectivity index (χ3v) is 1.80. The standard InChI is InChI=1S/C10H17N3O3/c1-10(2,3)16-8(14)7(11)4-6-5-12-9(15)13-6/h5,7H,4,11H2,1-3H3,(H2,12,13,15)/t7-/m1/s1. The number of aromatic amines is 2. The largest absolute Gasteiger partial charge is 0.459 e. The first-order valence-electron chi connectivity index (χ1n) is 5.03. The summed E-state index contributed by atoms with van der Waals surface area (Å²) in [6.07, 6.45) is 1.74. The maximum Gasteiger partial charge on any atom is 0.323 e. The van der Waals surface area contributed by atoms with Gasteiger partial charge in [0.2, 0.25) is 0 Å². The molecule has 0 unspecified atom stereocenters. The number of nitrogens with one attached hydrogen (secondary N) is 2. The molecule has 0 bridgehead atoms. The highest BCUT2D eigenvalue weighted by molar-refractivity contribution is 5.76. The molecule has 0 spiro atoms. The smallest absolute Gasteiger partial charge is 0.323 e. The highest BCUT2D eigenvalue weighted by Gasteiger charge is 2.22. The van der Waals surface area contributed by atoms with Gasteiger partial charge in [0.25, 0.3) is 0 Å². The highest BCUT2D eigenvalue weighted by atomic mass is 16.6. The molecule has 90 valence electrons. The van der Waals surface area contributed by atoms with Gasteiger partial charge in [-0.1, -0.05) is 0 Å². The average Bonchev–Trinajstić information content (AvgIpc) is 2.48. The van der Waals surface area contributed by atoms with E-state index in [-0.39, 0.29) is 12.1 Å². The zero-order valence-electron chi connectivity index (χ0n) is 9.66. The summed E-state index contributed by atoms with van der Waals surface area (Å²) < 4.78 is 5.11. The Morgan fingerprint density at radius 3 is 2.62 bits per heavy atom. The van der Waals surface area contributed by atoms with E-state index >= 15 is 0 Å². The van der Waals surface area contributed by atoms with Crippen molar-refractivity contribution in [2.24, 2.45) is 5.73 Å². The third-order valence-electron chi connectivity index (χ3n) is 1.80. The molecule has 0 amide bonds. The number of H-pyrrole nitrogens is 2. The minimum absolute atomic E-state index is 0.244. The fourth-order valence-electron chi connectivity index (χ4n) is 1.18. The van der Waals surface area contributed by atoms with Crippen molar-refractivity contribution in [1.82, 2.24) is 9.97 Å². The van der Waals surface area contributed by atoms with Gasteiger partial charge >= 0.3 is 11.7 Å². The molecular formula is C10H17N3O3. The second-order valence-corrected chi connectivity index (χ2v) is 4.61. The number of nitrogens with two attached hydrogens (primary N) is 1. The predicted octanol–water partition coefficient (Wildman–Crippen LogP) is -0.0855. The maximum atomic E-state index is 11.5. The van der Waals surface area contributed by atoms with Gasteiger partial charge in [0.05, 0.1) is 0 Å². The number of carbonyl (C=O) groups excluding carboxylic acids is 1. The summed E-state index contributed by atoms with van der Waals surface area (Å²) in [5.74, 6) is -0.477. The lowest BCUT2D eigenvalue weighted by atomic mass is 10.1. The van der Waals surface area contributed by atoms with Crippen LogP contribution in [0.5, 0.6) is 0 Å². The minimum Gasteiger partial charge on any atom is -0.459 e. The van der Waals surface area contributed by atoms with Crippen molar-refractivity contribution in [2.45, 2.75) is 38.8 Å². The number of rotatable bonds is 3. The van der Waals surface area contributed by atoms with Crippen LogP contribution in [0.3, 0.4) is 0 Å². The van der Waals surface area contributed by atoms with Crippen LogP contribution in [0, 0.1) is 0 Å². The Labute approximate surface area is 93.2 Å². The summed E-state index contributed by atoms with van der Waals surface area (Å²) in [5, 5.41) is 0. The molecule has 6 heteroatoms. The summed E-state index contributed by atoms with van der Waals surface area (Å²) >= 11 is 0. The van der Waals surface area contributed by atoms with Crippen LogP contribution in [-0.2, 0) is 16.0 Å². The Morgan fingerprint density at radius 2 is 2.19 bits per heavy atom. The Balaban J connectivity index is 2.55. The minimum atomic E-state index is -0.773. The molecule has 1 atom stereocenters. The molecule has 0 aliphatic carbocycles. The van der Waals surface area contributed by atoms with Gasteiger partial charge < -0.3 is 20.4 Å². The van der Waals surface area contributed by atoms with Crippen molar-refractivity contribution in [3.8, 4) is 0 Å². The van der Waals surface area contributed by atoms with Crippen molar-refractivity contribution in [1.29, 1.82) is 0 Å². The van der Waals surface area contributed by atoms with E-state index in [0.29, 0.717) is 5.69 Å². The number of aromatic nitrogens is 2. The first kappa shape index (κ1) is 12.5. The zero-order chi connectivity index (χ0) is 12.3. The molecule has 0 saturated carbocycles. The second-order valence-electron chi connectivity index (χ2n) is 4.61. The normalized spacial score (nSPS) is 13.5. The van der Waals surface area contributed by atoms with Gasteiger partial charge in [-0.05, 0) is 20.8 Å². The number of hydrogen-bond acceptors (Lipinski definition) is 4. The maximum absolute atomic E-state index is 11.5. The molecule has 1 aromatic rings. The number of esters is 1. The topological polar surface area (TPSA) is 101 Å². The van der Waals surface area contributed by atoms with Gasteiger partial charge in [-0.2, -0.15) is 0 Å². The fourth-order valence-corrected chi connectivity index (χ4v) is 1.18. The summed E-state index contributed by atoms with van der Waals surface area (Å²) in [7, 11) is 0. The van der Waals surface area contributed by atoms with Crippen molar-refractivity contribution in [3.05, 3.63) is 22.4 Å². The van der Waals surface area contributed by atoms with Gasteiger partial charge in [-0.3, -0.25) is 4.79 Å². The Bertz CT molecular complexity index is 413. The molecule has 16 heavy (non-hydrogen) atoms. The van der Waals surface area contributed by atoms with Gasteiger partial charge in [-0.25, -0.2) is 4.79 Å². The molecule has 0 aliphatic rings. The SMILES string of the molecule is CC(C)(C)OC(=O)[C@H](N)Cc1c[nH]c(=O)[nH]1. The Morgan fingerprint density at radius 1 is 1.56 bits per heavy atom. The van der Waals surface area contributed by atoms with Crippen LogP contribution in [-0.4, -0.2) is 27.6 Å². The molecular weight excluding hydrogens is 210 g/mol. The molecule has 1 rings (SSSR count). The van der Waals surface area contributed by atoms with Crippen LogP contribution in [0.1, 0.15) is 26.5 Å². The van der Waals surface area contributed by atoms with Gasteiger partial charge in [0, 0.05) is 18.3 Å². The predicted molar refractivity (Wildman–Crippen MR) is 58.9 cm³/mol. The van der Waals surface area contributed by atoms with E-state index < -0.39 is 17.6 Å². The molecule has 0 aromatic carbocycles. The van der Waals surface area contributed by atoms with E-state index in [9.17, 15) is 9.59 Å². The molecule has 1 heterocycles. The van der Waals surface area contributed by atoms with E-state index in [1.165, 1.54) is 6.20 Å². The molecule has 0 aliphatic heterocycles. The summed E-state index contributed by atoms with van der Waals surface area (Å²) in [4.78, 5) is 27.3. The monoisotopic (exact) mass is 227 g/mol. The third kappa shape index (κ3) is 3.90. The lowest BCUT2D eigenvalue weighted by molar-refractivity contribution is -0.156. The molecule has 1 aromatic heterocycles. The summed E-state index contributed by atoms with van der Waals surface area (Å²) in [5.41, 5.74) is 5.37. The van der Waals surface area contributed by atoms with Crippen LogP contribution in [0.2, 0.25) is 0 Å². The van der Waals surface area contributed by atoms with Crippen molar-refractivity contribution in [3.63, 3.8) is 0 Å². The Kier molecular flexibility index (Phi) is 3.54. The van der Waals surface area contributed by atoms with Crippen LogP contribution in [0.15, 0.2) is 11.0 Å². The van der Waals surface area contributed by atoms with E-state index in [0.717, 1.165) is 0 Å². The Hall–Kier alpha value is -1.56. The first-order valence-corrected chi connectivity index (χ1v) is 5.03. The molecule has 0 saturated heterocycles. The molecule has 4 N–H and O–H groups in total. The van der Waals surface area contributed by atoms with E-state index in [1.54, 1.807) is 20.8 Å². The van der Waals surface area contributed by atoms with E-state index in [1.807, 2.05) is 0 Å². The quantitative estimate of drug-likeness (QED) is 0.628. The molecule has 0 fully saturated rings. The summed E-state index contributed by atoms with van der Waals surface area (Å²) in [6.45, 7) is 5.32. The average molecular weight is 227 g/mol. The van der Waals surface area contributed by atoms with Gasteiger partial charge in [0.1, 0.15) is 11.6 Å². The van der Waals surface area contributed by atoms with Crippen molar-refractivity contribution >= 4 is 5.97 Å². The lowest BCUT2D eigenvalue weighted by Gasteiger charge is -2.21. The number of hydrogen-bond donors (Lipinski definition) is 3. The zero-order valence-corrected chi connectivity index (χ0v) is 9.66. The van der Waals surface area contributed by atoms with Crippen molar-refractivity contribution in [2.75, 3.05) is 0 Å².